The Balaban J connectivity index is 1.45. The minimum atomic E-state index is -1.31. The van der Waals surface area contributed by atoms with E-state index in [4.69, 9.17) is 11.2 Å². The third kappa shape index (κ3) is 4.05. The normalized spacial score (nSPS) is 19.8. The molecule has 1 fully saturated rings. The number of carbonyl (C=O) groups excluding carboxylic acids is 2. The third-order valence-corrected chi connectivity index (χ3v) is 6.62. The van der Waals surface area contributed by atoms with Gasteiger partial charge in [-0.1, -0.05) is 48.5 Å². The van der Waals surface area contributed by atoms with Crippen LogP contribution in [0.15, 0.2) is 48.5 Å². The van der Waals surface area contributed by atoms with Gasteiger partial charge in [0.25, 0.3) is 0 Å². The summed E-state index contributed by atoms with van der Waals surface area (Å²) in [5, 5.41) is 12.2. The standard InChI is InChI=1S/C26H26N2O5/c1-3-9-22(23(29)28-15-8-14-26(28,2)24(30)31)27-25(32)33-16-21-19-12-6-4-10-17(19)18-11-5-7-13-20(18)21/h1,4-7,10-13,21-22H,8-9,14-16H2,2H3,(H,27,32)(H,30,31). The number of nitrogens with zero attached hydrogens (tertiary/aromatic N) is 1. The molecular formula is C26H26N2O5. The second-order valence-electron chi connectivity index (χ2n) is 8.60. The highest BCUT2D eigenvalue weighted by molar-refractivity contribution is 5.92. The van der Waals surface area contributed by atoms with Crippen molar-refractivity contribution in [1.29, 1.82) is 0 Å². The number of alkyl carbamates (subject to hydrolysis) is 1. The molecule has 0 bridgehead atoms. The van der Waals surface area contributed by atoms with Crippen molar-refractivity contribution in [2.24, 2.45) is 0 Å². The smallest absolute Gasteiger partial charge is 0.407 e. The van der Waals surface area contributed by atoms with Crippen LogP contribution in [0.3, 0.4) is 0 Å². The first-order valence-corrected chi connectivity index (χ1v) is 11.0. The zero-order valence-corrected chi connectivity index (χ0v) is 18.4. The predicted molar refractivity (Wildman–Crippen MR) is 122 cm³/mol. The van der Waals surface area contributed by atoms with Gasteiger partial charge in [-0.15, -0.1) is 12.3 Å². The van der Waals surface area contributed by atoms with Crippen LogP contribution in [0.25, 0.3) is 11.1 Å². The molecule has 2 aromatic rings. The fourth-order valence-electron chi connectivity index (χ4n) is 4.83. The Morgan fingerprint density at radius 3 is 2.36 bits per heavy atom. The molecule has 2 unspecified atom stereocenters. The van der Waals surface area contributed by atoms with Crippen molar-refractivity contribution in [3.8, 4) is 23.5 Å². The summed E-state index contributed by atoms with van der Waals surface area (Å²) in [6.45, 7) is 1.92. The molecule has 2 amide bonds. The molecule has 0 spiro atoms. The number of rotatable bonds is 6. The van der Waals surface area contributed by atoms with E-state index in [1.54, 1.807) is 0 Å². The van der Waals surface area contributed by atoms with E-state index >= 15 is 0 Å². The number of terminal acetylenes is 1. The molecule has 2 aromatic carbocycles. The van der Waals surface area contributed by atoms with E-state index in [9.17, 15) is 19.5 Å². The van der Waals surface area contributed by atoms with Gasteiger partial charge in [-0.25, -0.2) is 9.59 Å². The average Bonchev–Trinajstić information content (AvgIpc) is 3.36. The zero-order chi connectivity index (χ0) is 23.6. The van der Waals surface area contributed by atoms with E-state index in [1.807, 2.05) is 48.5 Å². The summed E-state index contributed by atoms with van der Waals surface area (Å²) in [5.41, 5.74) is 3.08. The van der Waals surface area contributed by atoms with E-state index < -0.39 is 29.6 Å². The van der Waals surface area contributed by atoms with Crippen molar-refractivity contribution in [3.63, 3.8) is 0 Å². The lowest BCUT2D eigenvalue weighted by Crippen LogP contribution is -2.57. The molecule has 7 nitrogen and oxygen atoms in total. The summed E-state index contributed by atoms with van der Waals surface area (Å²) in [6.07, 6.45) is 5.52. The molecular weight excluding hydrogens is 420 g/mol. The van der Waals surface area contributed by atoms with Crippen LogP contribution in [-0.4, -0.2) is 52.7 Å². The van der Waals surface area contributed by atoms with Gasteiger partial charge in [0.15, 0.2) is 0 Å². The van der Waals surface area contributed by atoms with Crippen LogP contribution >= 0.6 is 0 Å². The highest BCUT2D eigenvalue weighted by Crippen LogP contribution is 2.44. The largest absolute Gasteiger partial charge is 0.480 e. The van der Waals surface area contributed by atoms with E-state index in [-0.39, 0.29) is 18.9 Å². The molecule has 0 saturated carbocycles. The summed E-state index contributed by atoms with van der Waals surface area (Å²) in [6, 6.07) is 14.9. The van der Waals surface area contributed by atoms with E-state index in [0.29, 0.717) is 19.4 Å². The molecule has 0 aromatic heterocycles. The lowest BCUT2D eigenvalue weighted by Gasteiger charge is -2.33. The number of fused-ring (bicyclic) bond motifs is 3. The highest BCUT2D eigenvalue weighted by atomic mass is 16.5. The number of hydrogen-bond acceptors (Lipinski definition) is 4. The highest BCUT2D eigenvalue weighted by Gasteiger charge is 2.47. The molecule has 1 heterocycles. The number of aliphatic carboxylic acids is 1. The number of hydrogen-bond donors (Lipinski definition) is 2. The van der Waals surface area contributed by atoms with Crippen LogP contribution in [-0.2, 0) is 14.3 Å². The Hall–Kier alpha value is -3.79. The van der Waals surface area contributed by atoms with Crippen molar-refractivity contribution in [3.05, 3.63) is 59.7 Å². The number of nitrogens with one attached hydrogen (secondary N) is 1. The van der Waals surface area contributed by atoms with E-state index in [2.05, 4.69) is 11.2 Å². The van der Waals surface area contributed by atoms with Crippen LogP contribution in [0.2, 0.25) is 0 Å². The molecule has 33 heavy (non-hydrogen) atoms. The van der Waals surface area contributed by atoms with Gasteiger partial charge in [-0.2, -0.15) is 0 Å². The zero-order valence-electron chi connectivity index (χ0n) is 18.4. The molecule has 2 N–H and O–H groups in total. The number of likely N-dealkylation sites (tertiary alicyclic amines) is 1. The van der Waals surface area contributed by atoms with Gasteiger partial charge in [0.2, 0.25) is 5.91 Å². The Kier molecular flexibility index (Phi) is 6.10. The number of amides is 2. The molecule has 0 radical (unpaired) electrons. The van der Waals surface area contributed by atoms with Crippen molar-refractivity contribution in [2.75, 3.05) is 13.2 Å². The molecule has 1 aliphatic heterocycles. The average molecular weight is 447 g/mol. The maximum Gasteiger partial charge on any atom is 0.407 e. The monoisotopic (exact) mass is 446 g/mol. The minimum absolute atomic E-state index is 0.0603. The van der Waals surface area contributed by atoms with Crippen molar-refractivity contribution < 1.29 is 24.2 Å². The number of benzene rings is 2. The lowest BCUT2D eigenvalue weighted by atomic mass is 9.98. The number of carboxylic acid groups (broad SMARTS) is 1. The van der Waals surface area contributed by atoms with Crippen LogP contribution in [0.5, 0.6) is 0 Å². The van der Waals surface area contributed by atoms with Crippen LogP contribution in [0.4, 0.5) is 4.79 Å². The minimum Gasteiger partial charge on any atom is -0.480 e. The summed E-state index contributed by atoms with van der Waals surface area (Å²) >= 11 is 0. The maximum absolute atomic E-state index is 13.1. The second-order valence-corrected chi connectivity index (χ2v) is 8.60. The summed E-state index contributed by atoms with van der Waals surface area (Å²) in [5.74, 6) is 0.695. The quantitative estimate of drug-likeness (QED) is 0.664. The first-order chi connectivity index (χ1) is 15.9. The SMILES string of the molecule is C#CCC(NC(=O)OCC1c2ccccc2-c2ccccc21)C(=O)N1CCCC1(C)C(=O)O. The molecule has 1 saturated heterocycles. The Morgan fingerprint density at radius 1 is 1.18 bits per heavy atom. The summed E-state index contributed by atoms with van der Waals surface area (Å²) in [7, 11) is 0. The van der Waals surface area contributed by atoms with Crippen LogP contribution < -0.4 is 5.32 Å². The molecule has 170 valence electrons. The van der Waals surface area contributed by atoms with E-state index in [0.717, 1.165) is 22.3 Å². The van der Waals surface area contributed by atoms with Gasteiger partial charge in [-0.3, -0.25) is 4.79 Å². The first-order valence-electron chi connectivity index (χ1n) is 11.0. The topological polar surface area (TPSA) is 95.9 Å². The third-order valence-electron chi connectivity index (χ3n) is 6.62. The Bertz CT molecular complexity index is 1090. The van der Waals surface area contributed by atoms with Gasteiger partial charge in [0, 0.05) is 18.9 Å². The van der Waals surface area contributed by atoms with Gasteiger partial charge in [0.05, 0.1) is 0 Å². The summed E-state index contributed by atoms with van der Waals surface area (Å²) < 4.78 is 5.52. The van der Waals surface area contributed by atoms with Gasteiger partial charge in [-0.05, 0) is 42.0 Å². The van der Waals surface area contributed by atoms with Gasteiger partial charge >= 0.3 is 12.1 Å². The molecule has 2 aliphatic rings. The maximum atomic E-state index is 13.1. The lowest BCUT2D eigenvalue weighted by molar-refractivity contribution is -0.156. The number of carbonyl (C=O) groups is 3. The van der Waals surface area contributed by atoms with Crippen molar-refractivity contribution >= 4 is 18.0 Å². The number of carboxylic acids is 1. The molecule has 1 aliphatic carbocycles. The molecule has 7 heteroatoms. The fourth-order valence-corrected chi connectivity index (χ4v) is 4.83. The first kappa shape index (κ1) is 22.4. The summed E-state index contributed by atoms with van der Waals surface area (Å²) in [4.78, 5) is 38.7. The van der Waals surface area contributed by atoms with Crippen LogP contribution in [0.1, 0.15) is 43.2 Å². The van der Waals surface area contributed by atoms with Crippen LogP contribution in [0, 0.1) is 12.3 Å². The second kappa shape index (κ2) is 8.99. The molecule has 2 atom stereocenters. The van der Waals surface area contributed by atoms with Crippen molar-refractivity contribution in [2.45, 2.75) is 43.7 Å². The van der Waals surface area contributed by atoms with Gasteiger partial charge in [0.1, 0.15) is 18.2 Å². The number of ether oxygens (including phenoxy) is 1. The van der Waals surface area contributed by atoms with Gasteiger partial charge < -0.3 is 20.1 Å². The van der Waals surface area contributed by atoms with E-state index in [1.165, 1.54) is 11.8 Å². The fraction of sp³-hybridized carbons (Fsp3) is 0.346. The molecule has 4 rings (SSSR count). The Labute approximate surface area is 192 Å². The Morgan fingerprint density at radius 2 is 1.79 bits per heavy atom. The van der Waals surface area contributed by atoms with Crippen molar-refractivity contribution in [1.82, 2.24) is 10.2 Å². The predicted octanol–water partition coefficient (Wildman–Crippen LogP) is 3.38.